The minimum absolute atomic E-state index is 0.0357. The van der Waals surface area contributed by atoms with E-state index in [1.807, 2.05) is 26.0 Å². The fraction of sp³-hybridized carbons (Fsp3) is 0.462. The number of ether oxygens (including phenoxy) is 1. The van der Waals surface area contributed by atoms with Crippen molar-refractivity contribution >= 4 is 11.7 Å². The van der Waals surface area contributed by atoms with Gasteiger partial charge in [0, 0.05) is 5.69 Å². The van der Waals surface area contributed by atoms with Crippen LogP contribution in [0.5, 0.6) is 0 Å². The number of benzene rings is 1. The Hall–Kier alpha value is -1.51. The zero-order chi connectivity index (χ0) is 12.0. The fourth-order valence-electron chi connectivity index (χ4n) is 1.55. The average molecular weight is 221 g/mol. The zero-order valence-corrected chi connectivity index (χ0v) is 9.90. The predicted octanol–water partition coefficient (Wildman–Crippen LogP) is 2.54. The van der Waals surface area contributed by atoms with Crippen molar-refractivity contribution in [3.8, 4) is 0 Å². The molecule has 0 spiro atoms. The van der Waals surface area contributed by atoms with E-state index in [1.54, 1.807) is 12.1 Å². The molecule has 0 heterocycles. The number of carbonyl (C=O) groups excluding carboxylic acids is 1. The Morgan fingerprint density at radius 3 is 2.62 bits per heavy atom. The van der Waals surface area contributed by atoms with E-state index in [9.17, 15) is 4.79 Å². The number of nitrogen functional groups attached to an aromatic ring is 1. The summed E-state index contributed by atoms with van der Waals surface area (Å²) in [6, 6.07) is 7.32. The van der Waals surface area contributed by atoms with Crippen LogP contribution in [0.4, 0.5) is 5.69 Å². The normalized spacial score (nSPS) is 10.4. The second-order valence-corrected chi connectivity index (χ2v) is 3.85. The molecule has 0 saturated carbocycles. The third-order valence-corrected chi connectivity index (χ3v) is 2.51. The van der Waals surface area contributed by atoms with Crippen LogP contribution in [-0.4, -0.2) is 12.1 Å². The molecular formula is C13H19NO2. The van der Waals surface area contributed by atoms with Crippen molar-refractivity contribution in [3.63, 3.8) is 0 Å². The summed E-state index contributed by atoms with van der Waals surface area (Å²) in [7, 11) is 0. The Balaban J connectivity index is 2.51. The van der Waals surface area contributed by atoms with Gasteiger partial charge in [0.25, 0.3) is 0 Å². The second kappa shape index (κ2) is 6.16. The van der Waals surface area contributed by atoms with Crippen LogP contribution >= 0.6 is 0 Å². The number of rotatable bonds is 5. The number of hydrogen-bond acceptors (Lipinski definition) is 3. The van der Waals surface area contributed by atoms with Gasteiger partial charge in [-0.15, -0.1) is 0 Å². The molecule has 0 unspecified atom stereocenters. The van der Waals surface area contributed by atoms with E-state index in [1.165, 1.54) is 0 Å². The van der Waals surface area contributed by atoms with Crippen molar-refractivity contribution in [1.82, 2.24) is 0 Å². The van der Waals surface area contributed by atoms with E-state index in [-0.39, 0.29) is 12.1 Å². The van der Waals surface area contributed by atoms with Crippen LogP contribution in [0.25, 0.3) is 0 Å². The molecule has 0 aromatic heterocycles. The van der Waals surface area contributed by atoms with Crippen molar-refractivity contribution in [3.05, 3.63) is 29.8 Å². The Labute approximate surface area is 96.6 Å². The van der Waals surface area contributed by atoms with Crippen LogP contribution in [0.1, 0.15) is 32.3 Å². The van der Waals surface area contributed by atoms with Gasteiger partial charge in [-0.25, -0.2) is 0 Å². The third kappa shape index (κ3) is 3.93. The lowest BCUT2D eigenvalue weighted by Crippen LogP contribution is -2.18. The van der Waals surface area contributed by atoms with Gasteiger partial charge in [-0.2, -0.15) is 0 Å². The quantitative estimate of drug-likeness (QED) is 0.614. The molecule has 0 fully saturated rings. The fourth-order valence-corrected chi connectivity index (χ4v) is 1.55. The van der Waals surface area contributed by atoms with Crippen molar-refractivity contribution in [2.75, 3.05) is 5.73 Å². The lowest BCUT2D eigenvalue weighted by molar-refractivity contribution is -0.148. The lowest BCUT2D eigenvalue weighted by atomic mass is 10.1. The highest BCUT2D eigenvalue weighted by Gasteiger charge is 2.11. The first-order valence-corrected chi connectivity index (χ1v) is 5.69. The van der Waals surface area contributed by atoms with Gasteiger partial charge in [0.1, 0.15) is 6.10 Å². The molecular weight excluding hydrogens is 202 g/mol. The highest BCUT2D eigenvalue weighted by molar-refractivity contribution is 5.73. The second-order valence-electron chi connectivity index (χ2n) is 3.85. The summed E-state index contributed by atoms with van der Waals surface area (Å²) >= 11 is 0. The van der Waals surface area contributed by atoms with E-state index in [0.29, 0.717) is 12.1 Å². The minimum Gasteiger partial charge on any atom is -0.462 e. The van der Waals surface area contributed by atoms with Gasteiger partial charge in [-0.05, 0) is 30.5 Å². The van der Waals surface area contributed by atoms with Crippen molar-refractivity contribution in [2.24, 2.45) is 0 Å². The maximum Gasteiger partial charge on any atom is 0.310 e. The van der Waals surface area contributed by atoms with Crippen LogP contribution in [0.3, 0.4) is 0 Å². The third-order valence-electron chi connectivity index (χ3n) is 2.51. The Kier molecular flexibility index (Phi) is 4.83. The molecule has 1 rings (SSSR count). The molecule has 0 saturated heterocycles. The van der Waals surface area contributed by atoms with Crippen molar-refractivity contribution < 1.29 is 9.53 Å². The minimum atomic E-state index is -0.181. The summed E-state index contributed by atoms with van der Waals surface area (Å²) in [5, 5.41) is 0. The van der Waals surface area contributed by atoms with Crippen LogP contribution in [0.15, 0.2) is 24.3 Å². The standard InChI is InChI=1S/C13H19NO2/c1-3-12(4-2)16-13(15)9-10-6-5-7-11(14)8-10/h5-8,12H,3-4,9,14H2,1-2H3. The molecule has 16 heavy (non-hydrogen) atoms. The van der Waals surface area contributed by atoms with Crippen LogP contribution in [-0.2, 0) is 16.0 Å². The molecule has 88 valence electrons. The molecule has 0 aliphatic carbocycles. The topological polar surface area (TPSA) is 52.3 Å². The van der Waals surface area contributed by atoms with E-state index >= 15 is 0 Å². The summed E-state index contributed by atoms with van der Waals surface area (Å²) in [5.74, 6) is -0.181. The largest absolute Gasteiger partial charge is 0.462 e. The molecule has 1 aromatic carbocycles. The Morgan fingerprint density at radius 1 is 1.38 bits per heavy atom. The summed E-state index contributed by atoms with van der Waals surface area (Å²) in [6.45, 7) is 4.03. The molecule has 0 bridgehead atoms. The lowest BCUT2D eigenvalue weighted by Gasteiger charge is -2.13. The molecule has 2 N–H and O–H groups in total. The van der Waals surface area contributed by atoms with Gasteiger partial charge in [-0.1, -0.05) is 26.0 Å². The Morgan fingerprint density at radius 2 is 2.06 bits per heavy atom. The average Bonchev–Trinajstić information content (AvgIpc) is 2.26. The van der Waals surface area contributed by atoms with Gasteiger partial charge >= 0.3 is 5.97 Å². The highest BCUT2D eigenvalue weighted by Crippen LogP contribution is 2.10. The molecule has 0 aliphatic rings. The number of carbonyl (C=O) groups is 1. The zero-order valence-electron chi connectivity index (χ0n) is 9.90. The molecule has 1 aromatic rings. The molecule has 0 aliphatic heterocycles. The van der Waals surface area contributed by atoms with Gasteiger partial charge < -0.3 is 10.5 Å². The smallest absolute Gasteiger partial charge is 0.310 e. The van der Waals surface area contributed by atoms with Crippen LogP contribution in [0, 0.1) is 0 Å². The first-order chi connectivity index (χ1) is 7.65. The first kappa shape index (κ1) is 12.6. The summed E-state index contributed by atoms with van der Waals surface area (Å²) in [4.78, 5) is 11.6. The monoisotopic (exact) mass is 221 g/mol. The summed E-state index contributed by atoms with van der Waals surface area (Å²) in [5.41, 5.74) is 7.21. The van der Waals surface area contributed by atoms with E-state index in [0.717, 1.165) is 18.4 Å². The Bertz CT molecular complexity index is 346. The van der Waals surface area contributed by atoms with Gasteiger partial charge in [-0.3, -0.25) is 4.79 Å². The highest BCUT2D eigenvalue weighted by atomic mass is 16.5. The molecule has 3 nitrogen and oxygen atoms in total. The van der Waals surface area contributed by atoms with Crippen LogP contribution < -0.4 is 5.73 Å². The van der Waals surface area contributed by atoms with E-state index < -0.39 is 0 Å². The number of anilines is 1. The van der Waals surface area contributed by atoms with Gasteiger partial charge in [0.05, 0.1) is 6.42 Å². The van der Waals surface area contributed by atoms with Crippen molar-refractivity contribution in [2.45, 2.75) is 39.2 Å². The van der Waals surface area contributed by atoms with Crippen molar-refractivity contribution in [1.29, 1.82) is 0 Å². The molecule has 0 amide bonds. The number of hydrogen-bond donors (Lipinski definition) is 1. The maximum atomic E-state index is 11.6. The predicted molar refractivity (Wildman–Crippen MR) is 65.0 cm³/mol. The summed E-state index contributed by atoms with van der Waals surface area (Å²) < 4.78 is 5.31. The maximum absolute atomic E-state index is 11.6. The van der Waals surface area contributed by atoms with E-state index in [4.69, 9.17) is 10.5 Å². The number of nitrogens with two attached hydrogens (primary N) is 1. The van der Waals surface area contributed by atoms with Crippen LogP contribution in [0.2, 0.25) is 0 Å². The SMILES string of the molecule is CCC(CC)OC(=O)Cc1cccc(N)c1. The number of esters is 1. The van der Waals surface area contributed by atoms with E-state index in [2.05, 4.69) is 0 Å². The summed E-state index contributed by atoms with van der Waals surface area (Å²) in [6.07, 6.45) is 2.05. The molecule has 0 radical (unpaired) electrons. The first-order valence-electron chi connectivity index (χ1n) is 5.69. The van der Waals surface area contributed by atoms with Gasteiger partial charge in [0.15, 0.2) is 0 Å². The molecule has 0 atom stereocenters. The molecule has 3 heteroatoms. The van der Waals surface area contributed by atoms with Gasteiger partial charge in [0.2, 0.25) is 0 Å².